The molecule has 0 saturated carbocycles. The molecule has 0 aliphatic rings. The first-order chi connectivity index (χ1) is 18.1. The van der Waals surface area contributed by atoms with Crippen molar-refractivity contribution in [2.24, 2.45) is 0 Å². The smallest absolute Gasteiger partial charge is 0.264 e. The second-order valence-corrected chi connectivity index (χ2v) is 11.4. The van der Waals surface area contributed by atoms with E-state index in [1.807, 2.05) is 26.8 Å². The van der Waals surface area contributed by atoms with E-state index in [1.54, 1.807) is 61.5 Å². The molecular formula is C29H34ClN3O4S. The summed E-state index contributed by atoms with van der Waals surface area (Å²) in [5.41, 5.74) is 2.91. The van der Waals surface area contributed by atoms with E-state index in [4.69, 9.17) is 11.6 Å². The van der Waals surface area contributed by atoms with Crippen molar-refractivity contribution in [2.45, 2.75) is 51.6 Å². The molecule has 38 heavy (non-hydrogen) atoms. The Morgan fingerprint density at radius 3 is 2.24 bits per heavy atom. The lowest BCUT2D eigenvalue weighted by molar-refractivity contribution is -0.139. The summed E-state index contributed by atoms with van der Waals surface area (Å²) < 4.78 is 28.7. The van der Waals surface area contributed by atoms with Crippen LogP contribution in [0.15, 0.2) is 77.7 Å². The van der Waals surface area contributed by atoms with Crippen LogP contribution in [-0.4, -0.2) is 44.3 Å². The summed E-state index contributed by atoms with van der Waals surface area (Å²) in [6.45, 7) is 7.41. The summed E-state index contributed by atoms with van der Waals surface area (Å²) in [4.78, 5) is 28.2. The zero-order chi connectivity index (χ0) is 27.9. The summed E-state index contributed by atoms with van der Waals surface area (Å²) in [6.07, 6.45) is 0.743. The number of nitrogens with one attached hydrogen (secondary N) is 1. The Morgan fingerprint density at radius 2 is 1.61 bits per heavy atom. The van der Waals surface area contributed by atoms with Gasteiger partial charge in [-0.05, 0) is 74.2 Å². The first-order valence-corrected chi connectivity index (χ1v) is 14.3. The van der Waals surface area contributed by atoms with E-state index >= 15 is 0 Å². The zero-order valence-electron chi connectivity index (χ0n) is 22.1. The molecule has 0 heterocycles. The normalized spacial score (nSPS) is 12.0. The molecule has 0 aliphatic heterocycles. The predicted molar refractivity (Wildman–Crippen MR) is 152 cm³/mol. The SMILES string of the molecule is CCCNC(=O)C(C)N(Cc1ccccc1Cl)C(=O)CN(c1ccc(C)c(C)c1)S(=O)(=O)c1ccccc1. The van der Waals surface area contributed by atoms with Crippen LogP contribution in [0.1, 0.15) is 37.0 Å². The maximum Gasteiger partial charge on any atom is 0.264 e. The minimum Gasteiger partial charge on any atom is -0.354 e. The fourth-order valence-electron chi connectivity index (χ4n) is 3.92. The Bertz CT molecular complexity index is 1380. The van der Waals surface area contributed by atoms with Crippen molar-refractivity contribution in [1.29, 1.82) is 0 Å². The quantitative estimate of drug-likeness (QED) is 0.357. The number of amides is 2. The number of halogens is 1. The Hall–Kier alpha value is -3.36. The third-order valence-electron chi connectivity index (χ3n) is 6.40. The largest absolute Gasteiger partial charge is 0.354 e. The second kappa shape index (κ2) is 12.9. The number of carbonyl (C=O) groups is 2. The van der Waals surface area contributed by atoms with Crippen LogP contribution in [0.5, 0.6) is 0 Å². The van der Waals surface area contributed by atoms with Crippen LogP contribution in [0, 0.1) is 13.8 Å². The molecule has 0 spiro atoms. The lowest BCUT2D eigenvalue weighted by atomic mass is 10.1. The third-order valence-corrected chi connectivity index (χ3v) is 8.56. The average molecular weight is 556 g/mol. The van der Waals surface area contributed by atoms with Crippen molar-refractivity contribution in [3.63, 3.8) is 0 Å². The number of carbonyl (C=O) groups excluding carboxylic acids is 2. The van der Waals surface area contributed by atoms with Gasteiger partial charge in [-0.1, -0.05) is 61.0 Å². The van der Waals surface area contributed by atoms with Crippen molar-refractivity contribution in [2.75, 3.05) is 17.4 Å². The molecule has 3 aromatic carbocycles. The summed E-state index contributed by atoms with van der Waals surface area (Å²) >= 11 is 6.38. The number of nitrogens with zero attached hydrogens (tertiary/aromatic N) is 2. The van der Waals surface area contributed by atoms with E-state index in [0.717, 1.165) is 21.9 Å². The molecule has 3 aromatic rings. The highest BCUT2D eigenvalue weighted by molar-refractivity contribution is 7.92. The second-order valence-electron chi connectivity index (χ2n) is 9.17. The molecule has 202 valence electrons. The van der Waals surface area contributed by atoms with Crippen LogP contribution in [0.4, 0.5) is 5.69 Å². The van der Waals surface area contributed by atoms with Crippen LogP contribution >= 0.6 is 11.6 Å². The van der Waals surface area contributed by atoms with Crippen LogP contribution in [0.25, 0.3) is 0 Å². The van der Waals surface area contributed by atoms with E-state index in [1.165, 1.54) is 17.0 Å². The number of hydrogen-bond donors (Lipinski definition) is 1. The number of rotatable bonds is 11. The monoisotopic (exact) mass is 555 g/mol. The summed E-state index contributed by atoms with van der Waals surface area (Å²) in [6, 6.07) is 19.5. The Labute approximate surface area is 230 Å². The van der Waals surface area contributed by atoms with Gasteiger partial charge in [0.05, 0.1) is 10.6 Å². The van der Waals surface area contributed by atoms with Gasteiger partial charge in [0.15, 0.2) is 0 Å². The van der Waals surface area contributed by atoms with Crippen LogP contribution in [-0.2, 0) is 26.2 Å². The van der Waals surface area contributed by atoms with Crippen LogP contribution < -0.4 is 9.62 Å². The highest BCUT2D eigenvalue weighted by atomic mass is 35.5. The molecule has 0 aromatic heterocycles. The summed E-state index contributed by atoms with van der Waals surface area (Å²) in [5, 5.41) is 3.28. The molecule has 0 saturated heterocycles. The Balaban J connectivity index is 2.04. The molecule has 9 heteroatoms. The number of aryl methyl sites for hydroxylation is 2. The highest BCUT2D eigenvalue weighted by Gasteiger charge is 2.32. The fourth-order valence-corrected chi connectivity index (χ4v) is 5.54. The standard InChI is InChI=1S/C29H34ClN3O4S/c1-5-17-31-29(35)23(4)32(19-24-11-9-10-14-27(24)30)28(34)20-33(25-16-15-21(2)22(3)18-25)38(36,37)26-12-7-6-8-13-26/h6-16,18,23H,5,17,19-20H2,1-4H3,(H,31,35). The molecule has 0 bridgehead atoms. The fraction of sp³-hybridized carbons (Fsp3) is 0.310. The molecule has 1 unspecified atom stereocenters. The number of hydrogen-bond acceptors (Lipinski definition) is 4. The maximum atomic E-state index is 13.9. The zero-order valence-corrected chi connectivity index (χ0v) is 23.7. The lowest BCUT2D eigenvalue weighted by Crippen LogP contribution is -2.51. The van der Waals surface area contributed by atoms with E-state index < -0.39 is 28.5 Å². The number of sulfonamides is 1. The molecular weight excluding hydrogens is 522 g/mol. The summed E-state index contributed by atoms with van der Waals surface area (Å²) in [5.74, 6) is -0.849. The molecule has 2 amide bonds. The van der Waals surface area contributed by atoms with Crippen molar-refractivity contribution >= 4 is 39.1 Å². The Kier molecular flexibility index (Phi) is 9.94. The van der Waals surface area contributed by atoms with Gasteiger partial charge in [0, 0.05) is 18.1 Å². The van der Waals surface area contributed by atoms with Gasteiger partial charge in [-0.2, -0.15) is 0 Å². The first kappa shape index (κ1) is 29.2. The molecule has 1 N–H and O–H groups in total. The molecule has 0 aliphatic carbocycles. The van der Waals surface area contributed by atoms with Gasteiger partial charge in [-0.3, -0.25) is 13.9 Å². The van der Waals surface area contributed by atoms with Crippen molar-refractivity contribution < 1.29 is 18.0 Å². The average Bonchev–Trinajstić information content (AvgIpc) is 2.91. The van der Waals surface area contributed by atoms with Gasteiger partial charge in [0.2, 0.25) is 11.8 Å². The van der Waals surface area contributed by atoms with Gasteiger partial charge >= 0.3 is 0 Å². The predicted octanol–water partition coefficient (Wildman–Crippen LogP) is 5.10. The minimum absolute atomic E-state index is 0.0470. The van der Waals surface area contributed by atoms with Gasteiger partial charge in [0.1, 0.15) is 12.6 Å². The topological polar surface area (TPSA) is 86.8 Å². The highest BCUT2D eigenvalue weighted by Crippen LogP contribution is 2.27. The van der Waals surface area contributed by atoms with Crippen molar-refractivity contribution in [3.8, 4) is 0 Å². The van der Waals surface area contributed by atoms with E-state index in [9.17, 15) is 18.0 Å². The molecule has 1 atom stereocenters. The Morgan fingerprint density at radius 1 is 0.947 bits per heavy atom. The van der Waals surface area contributed by atoms with E-state index in [2.05, 4.69) is 5.32 Å². The van der Waals surface area contributed by atoms with Gasteiger partial charge in [-0.25, -0.2) is 8.42 Å². The van der Waals surface area contributed by atoms with Gasteiger partial charge in [-0.15, -0.1) is 0 Å². The number of benzene rings is 3. The molecule has 0 fully saturated rings. The van der Waals surface area contributed by atoms with Crippen LogP contribution in [0.2, 0.25) is 5.02 Å². The van der Waals surface area contributed by atoms with E-state index in [-0.39, 0.29) is 17.3 Å². The lowest BCUT2D eigenvalue weighted by Gasteiger charge is -2.32. The molecule has 3 rings (SSSR count). The van der Waals surface area contributed by atoms with Gasteiger partial charge in [0.25, 0.3) is 10.0 Å². The van der Waals surface area contributed by atoms with Gasteiger partial charge < -0.3 is 10.2 Å². The van der Waals surface area contributed by atoms with E-state index in [0.29, 0.717) is 22.8 Å². The van der Waals surface area contributed by atoms with Crippen molar-refractivity contribution in [1.82, 2.24) is 10.2 Å². The minimum atomic E-state index is -4.09. The molecule has 0 radical (unpaired) electrons. The van der Waals surface area contributed by atoms with Crippen LogP contribution in [0.3, 0.4) is 0 Å². The maximum absolute atomic E-state index is 13.9. The third kappa shape index (κ3) is 6.94. The number of anilines is 1. The first-order valence-electron chi connectivity index (χ1n) is 12.5. The molecule has 7 nitrogen and oxygen atoms in total. The summed E-state index contributed by atoms with van der Waals surface area (Å²) in [7, 11) is -4.09. The van der Waals surface area contributed by atoms with Crippen molar-refractivity contribution in [3.05, 3.63) is 94.5 Å².